The second-order valence-electron chi connectivity index (χ2n) is 26.4. The highest BCUT2D eigenvalue weighted by Crippen LogP contribution is 2.38. The van der Waals surface area contributed by atoms with Crippen molar-refractivity contribution in [3.63, 3.8) is 0 Å². The summed E-state index contributed by atoms with van der Waals surface area (Å²) in [4.78, 5) is 89.5. The SMILES string of the molecule is CO[C@H]1C[C@@H]2CC[C@@H](C)[C@@](O)(O2)C(=O)C(=O)N2CCCC[C@H]2C(=O)O[C@H]([C@H](C)C[C@@H]2CC[C@@H](O)[C@H](OC)C2)C[C@@H](O)[C@H](C)/C=C(\C)[C@@H](O)[C@@H](OC)/C(=N/OCC(=O)NCCOCCC(=O)NCc2cnc(N3CCN(C)CC3)nc2)[C@H](C)C[C@H](C)/C=C/C=CC=C1C. The van der Waals surface area contributed by atoms with Gasteiger partial charge in [0.1, 0.15) is 24.4 Å². The molecule has 5 aliphatic rings. The van der Waals surface area contributed by atoms with Gasteiger partial charge in [-0.15, -0.1) is 0 Å². The molecule has 1 aromatic heterocycles. The normalized spacial score (nSPS) is 33.4. The molecular formula is C68H108N8O16. The van der Waals surface area contributed by atoms with E-state index >= 15 is 0 Å². The molecule has 2 bridgehead atoms. The van der Waals surface area contributed by atoms with Gasteiger partial charge in [-0.1, -0.05) is 76.2 Å². The quantitative estimate of drug-likeness (QED) is 0.0364. The molecule has 24 heteroatoms. The Kier molecular flexibility index (Phi) is 30.8. The van der Waals surface area contributed by atoms with Gasteiger partial charge >= 0.3 is 5.97 Å². The van der Waals surface area contributed by atoms with Gasteiger partial charge in [0.2, 0.25) is 17.6 Å². The monoisotopic (exact) mass is 1290 g/mol. The van der Waals surface area contributed by atoms with Gasteiger partial charge in [-0.2, -0.15) is 0 Å². The molecule has 4 aliphatic heterocycles. The molecule has 16 atom stereocenters. The molecule has 3 amide bonds. The van der Waals surface area contributed by atoms with Crippen LogP contribution in [0.25, 0.3) is 0 Å². The van der Waals surface area contributed by atoms with Crippen molar-refractivity contribution in [1.29, 1.82) is 0 Å². The molecule has 5 heterocycles. The number of nitrogens with zero attached hydrogens (tertiary/aromatic N) is 6. The molecule has 0 unspecified atom stereocenters. The summed E-state index contributed by atoms with van der Waals surface area (Å²) in [6, 6.07) is -1.15. The molecule has 6 N–H and O–H groups in total. The minimum absolute atomic E-state index is 0.0260. The first kappa shape index (κ1) is 75.5. The lowest BCUT2D eigenvalue weighted by atomic mass is 9.78. The van der Waals surface area contributed by atoms with Crippen LogP contribution in [0.4, 0.5) is 5.95 Å². The number of rotatable bonds is 18. The van der Waals surface area contributed by atoms with Gasteiger partial charge in [0, 0.05) is 122 Å². The lowest BCUT2D eigenvalue weighted by Crippen LogP contribution is -2.61. The Morgan fingerprint density at radius 1 is 0.815 bits per heavy atom. The first-order chi connectivity index (χ1) is 44.0. The van der Waals surface area contributed by atoms with Crippen LogP contribution < -0.4 is 15.5 Å². The maximum absolute atomic E-state index is 14.7. The number of carbonyl (C=O) groups is 5. The number of ketones is 1. The van der Waals surface area contributed by atoms with Crippen LogP contribution in [0.2, 0.25) is 0 Å². The highest BCUT2D eigenvalue weighted by Gasteiger charge is 2.53. The van der Waals surface area contributed by atoms with Crippen LogP contribution >= 0.6 is 0 Å². The van der Waals surface area contributed by atoms with Crippen LogP contribution in [0.1, 0.15) is 138 Å². The van der Waals surface area contributed by atoms with E-state index in [0.717, 1.165) is 37.3 Å². The maximum atomic E-state index is 14.7. The van der Waals surface area contributed by atoms with Crippen molar-refractivity contribution in [3.8, 4) is 0 Å². The first-order valence-corrected chi connectivity index (χ1v) is 33.3. The highest BCUT2D eigenvalue weighted by atomic mass is 16.6. The van der Waals surface area contributed by atoms with Gasteiger partial charge in [-0.3, -0.25) is 19.2 Å². The molecular weight excluding hydrogens is 1180 g/mol. The summed E-state index contributed by atoms with van der Waals surface area (Å²) in [5.41, 5.74) is 2.42. The highest BCUT2D eigenvalue weighted by molar-refractivity contribution is 6.39. The van der Waals surface area contributed by atoms with Gasteiger partial charge in [-0.25, -0.2) is 14.8 Å². The predicted octanol–water partition coefficient (Wildman–Crippen LogP) is 5.16. The van der Waals surface area contributed by atoms with E-state index in [4.69, 9.17) is 33.3 Å². The molecule has 0 spiro atoms. The fraction of sp³-hybridized carbons (Fsp3) is 0.735. The van der Waals surface area contributed by atoms with Gasteiger partial charge in [-0.05, 0) is 114 Å². The number of allylic oxidation sites excluding steroid dienone is 5. The second-order valence-corrected chi connectivity index (χ2v) is 26.4. The van der Waals surface area contributed by atoms with Gasteiger partial charge < -0.3 is 79.0 Å². The smallest absolute Gasteiger partial charge is 0.329 e. The van der Waals surface area contributed by atoms with Crippen molar-refractivity contribution >= 4 is 41.1 Å². The van der Waals surface area contributed by atoms with E-state index < -0.39 is 96.6 Å². The number of hydrogen-bond donors (Lipinski definition) is 6. The van der Waals surface area contributed by atoms with Crippen LogP contribution in [-0.4, -0.2) is 224 Å². The zero-order chi connectivity index (χ0) is 67.1. The Morgan fingerprint density at radius 2 is 1.55 bits per heavy atom. The van der Waals surface area contributed by atoms with Gasteiger partial charge in [0.05, 0.1) is 49.4 Å². The summed E-state index contributed by atoms with van der Waals surface area (Å²) in [5.74, 6) is -7.32. The van der Waals surface area contributed by atoms with Crippen molar-refractivity contribution in [2.24, 2.45) is 40.7 Å². The molecule has 92 heavy (non-hydrogen) atoms. The number of fused-ring (bicyclic) bond motifs is 3. The Bertz CT molecular complexity index is 2670. The number of piperidine rings is 1. The minimum Gasteiger partial charge on any atom is -0.460 e. The molecule has 3 saturated heterocycles. The Balaban J connectivity index is 1.17. The van der Waals surface area contributed by atoms with E-state index in [1.807, 2.05) is 58.1 Å². The zero-order valence-corrected chi connectivity index (χ0v) is 56.4. The Hall–Kier alpha value is -5.54. The zero-order valence-electron chi connectivity index (χ0n) is 56.4. The molecule has 4 fully saturated rings. The number of Topliss-reactive ketones (excluding diaryl/α,β-unsaturated/α-hetero) is 1. The average Bonchev–Trinajstić information content (AvgIpc) is 0.796. The van der Waals surface area contributed by atoms with E-state index in [1.54, 1.807) is 53.5 Å². The number of hydrogen-bond acceptors (Lipinski definition) is 21. The number of anilines is 1. The largest absolute Gasteiger partial charge is 0.460 e. The van der Waals surface area contributed by atoms with E-state index in [1.165, 1.54) is 12.0 Å². The van der Waals surface area contributed by atoms with Crippen molar-refractivity contribution in [2.75, 3.05) is 92.4 Å². The third-order valence-electron chi connectivity index (χ3n) is 19.1. The second kappa shape index (κ2) is 37.5. The summed E-state index contributed by atoms with van der Waals surface area (Å²) >= 11 is 0. The molecule has 0 aromatic carbocycles. The number of aliphatic hydroxyl groups excluding tert-OH is 3. The number of carbonyl (C=O) groups excluding carboxylic acids is 5. The fourth-order valence-electron chi connectivity index (χ4n) is 13.1. The van der Waals surface area contributed by atoms with Crippen molar-refractivity contribution in [2.45, 2.75) is 199 Å². The Labute approximate surface area is 544 Å². The number of methoxy groups -OCH3 is 3. The fourth-order valence-corrected chi connectivity index (χ4v) is 13.1. The number of amides is 3. The third-order valence-corrected chi connectivity index (χ3v) is 19.1. The summed E-state index contributed by atoms with van der Waals surface area (Å²) < 4.78 is 35.8. The van der Waals surface area contributed by atoms with E-state index in [0.29, 0.717) is 81.4 Å². The van der Waals surface area contributed by atoms with Crippen LogP contribution in [0.15, 0.2) is 65.2 Å². The standard InChI is InChI=1S/C68H108N8O16/c1-43-17-13-12-14-18-44(2)56(86-9)37-52-22-20-49(7)68(85,92-52)64(82)65(83)76-26-16-15-19-53(76)66(84)91-57(46(4)35-50-21-23-54(77)58(36-50)87-10)38-55(78)45(3)34-48(6)62(81)63(88-11)61(47(5)33-43)73-90-42-60(80)69-25-32-89-31-24-59(79)70-39-51-40-71-67(72-41-51)75-29-27-74(8)28-30-75/h12-14,17-18,34,40-41,43,45-47,49-50,52-58,62-63,77-78,81,85H,15-16,19-33,35-39,42H2,1-11H3,(H,69,80)(H,70,79)/b14-12?,17-13+,44-18?,48-34+,73-61+/t43-,45-,46-,47-,49-,50+,52+,53+,54-,55-,56+,57+,58-,62-,63+,68-/m1/s1. The number of oxime groups is 1. The predicted molar refractivity (Wildman–Crippen MR) is 347 cm³/mol. The van der Waals surface area contributed by atoms with Crippen molar-refractivity contribution in [3.05, 3.63) is 65.6 Å². The molecule has 516 valence electrons. The van der Waals surface area contributed by atoms with Crippen LogP contribution in [0.3, 0.4) is 0 Å². The van der Waals surface area contributed by atoms with E-state index in [9.17, 15) is 44.4 Å². The number of aromatic nitrogens is 2. The summed E-state index contributed by atoms with van der Waals surface area (Å²) in [6.45, 7) is 17.0. The summed E-state index contributed by atoms with van der Waals surface area (Å²) in [5, 5.41) is 57.1. The number of likely N-dealkylation sites (N-methyl/N-ethyl adjacent to an activating group) is 1. The Morgan fingerprint density at radius 3 is 2.26 bits per heavy atom. The molecule has 0 radical (unpaired) electrons. The number of cyclic esters (lactones) is 1. The lowest BCUT2D eigenvalue weighted by molar-refractivity contribution is -0.265. The molecule has 24 nitrogen and oxygen atoms in total. The maximum Gasteiger partial charge on any atom is 0.329 e. The van der Waals surface area contributed by atoms with Gasteiger partial charge in [0.15, 0.2) is 6.61 Å². The molecule has 6 rings (SSSR count). The van der Waals surface area contributed by atoms with Crippen molar-refractivity contribution in [1.82, 2.24) is 30.4 Å². The lowest BCUT2D eigenvalue weighted by Gasteiger charge is -2.43. The summed E-state index contributed by atoms with van der Waals surface area (Å²) in [6.07, 6.45) is 13.9. The topological polar surface area (TPSA) is 303 Å². The molecule has 1 aliphatic carbocycles. The number of nitrogens with one attached hydrogen (secondary N) is 2. The minimum atomic E-state index is -2.45. The average molecular weight is 1290 g/mol. The van der Waals surface area contributed by atoms with Crippen LogP contribution in [0.5, 0.6) is 0 Å². The third kappa shape index (κ3) is 22.3. The molecule has 1 aromatic rings. The van der Waals surface area contributed by atoms with E-state index in [-0.39, 0.29) is 87.8 Å². The number of esters is 1. The van der Waals surface area contributed by atoms with Gasteiger partial charge in [0.25, 0.3) is 17.6 Å². The van der Waals surface area contributed by atoms with Crippen molar-refractivity contribution < 1.29 is 77.7 Å². The summed E-state index contributed by atoms with van der Waals surface area (Å²) in [7, 11) is 6.68. The van der Waals surface area contributed by atoms with E-state index in [2.05, 4.69) is 42.6 Å². The molecule has 1 saturated carbocycles. The van der Waals surface area contributed by atoms with Crippen LogP contribution in [-0.2, 0) is 63.8 Å². The number of ether oxygens (including phenoxy) is 6. The number of aliphatic hydroxyl groups is 4. The first-order valence-electron chi connectivity index (χ1n) is 33.3. The van der Waals surface area contributed by atoms with Crippen LogP contribution in [0, 0.1) is 35.5 Å². The number of piperazine rings is 1.